The Morgan fingerprint density at radius 3 is 2.79 bits per heavy atom. The van der Waals surface area contributed by atoms with Crippen LogP contribution in [0.1, 0.15) is 12.6 Å². The van der Waals surface area contributed by atoms with Crippen LogP contribution in [0.15, 0.2) is 41.4 Å². The van der Waals surface area contributed by atoms with Crippen LogP contribution in [0.4, 0.5) is 0 Å². The maximum Gasteiger partial charge on any atom is 0.0720 e. The van der Waals surface area contributed by atoms with Gasteiger partial charge in [-0.25, -0.2) is 4.98 Å². The van der Waals surface area contributed by atoms with Gasteiger partial charge in [0.05, 0.1) is 11.2 Å². The molecule has 2 heteroatoms. The molecule has 2 rings (SSSR count). The lowest BCUT2D eigenvalue weighted by Crippen LogP contribution is -1.86. The van der Waals surface area contributed by atoms with Gasteiger partial charge in [-0.1, -0.05) is 28.6 Å². The van der Waals surface area contributed by atoms with Crippen molar-refractivity contribution < 1.29 is 0 Å². The molecule has 0 saturated heterocycles. The third-order valence-electron chi connectivity index (χ3n) is 2.12. The predicted molar refractivity (Wildman–Crippen MR) is 64.2 cm³/mol. The normalized spacial score (nSPS) is 10.4. The van der Waals surface area contributed by atoms with Gasteiger partial charge in [0, 0.05) is 9.86 Å². The predicted octanol–water partition coefficient (Wildman–Crippen LogP) is 4.03. The third-order valence-corrected chi connectivity index (χ3v) is 2.81. The van der Waals surface area contributed by atoms with Crippen LogP contribution in [0.25, 0.3) is 16.5 Å². The summed E-state index contributed by atoms with van der Waals surface area (Å²) in [6, 6.07) is 10.1. The first kappa shape index (κ1) is 9.41. The summed E-state index contributed by atoms with van der Waals surface area (Å²) >= 11 is 3.50. The molecule has 0 atom stereocenters. The summed E-state index contributed by atoms with van der Waals surface area (Å²) in [5, 5.41) is 1.14. The summed E-state index contributed by atoms with van der Waals surface area (Å²) < 4.78 is 1.08. The number of pyridine rings is 1. The Morgan fingerprint density at radius 2 is 2.07 bits per heavy atom. The molecular weight excluding hydrogens is 238 g/mol. The maximum absolute atomic E-state index is 4.51. The molecule has 0 N–H and O–H groups in total. The van der Waals surface area contributed by atoms with Crippen LogP contribution in [-0.2, 0) is 0 Å². The van der Waals surface area contributed by atoms with Crippen LogP contribution >= 0.6 is 15.9 Å². The summed E-state index contributed by atoms with van der Waals surface area (Å²) in [5.74, 6) is 0. The highest BCUT2D eigenvalue weighted by atomic mass is 79.9. The maximum atomic E-state index is 4.51. The van der Waals surface area contributed by atoms with E-state index in [-0.39, 0.29) is 0 Å². The number of halogens is 1. The second-order valence-corrected chi connectivity index (χ2v) is 4.14. The van der Waals surface area contributed by atoms with Crippen molar-refractivity contribution in [2.45, 2.75) is 6.92 Å². The van der Waals surface area contributed by atoms with Gasteiger partial charge in [0.1, 0.15) is 0 Å². The fourth-order valence-corrected chi connectivity index (χ4v) is 1.84. The first-order valence-electron chi connectivity index (χ1n) is 4.39. The Balaban J connectivity index is 2.73. The zero-order valence-electron chi connectivity index (χ0n) is 7.92. The zero-order chi connectivity index (χ0) is 10.1. The lowest BCUT2D eigenvalue weighted by Gasteiger charge is -2.03. The van der Waals surface area contributed by atoms with Crippen LogP contribution in [0.3, 0.4) is 0 Å². The number of allylic oxidation sites excluding steroid dienone is 1. The highest BCUT2D eigenvalue weighted by molar-refractivity contribution is 9.10. The van der Waals surface area contributed by atoms with Gasteiger partial charge < -0.3 is 0 Å². The smallest absolute Gasteiger partial charge is 0.0720 e. The van der Waals surface area contributed by atoms with E-state index in [1.54, 1.807) is 0 Å². The molecule has 0 fully saturated rings. The van der Waals surface area contributed by atoms with Crippen LogP contribution in [0.5, 0.6) is 0 Å². The summed E-state index contributed by atoms with van der Waals surface area (Å²) in [4.78, 5) is 4.51. The number of rotatable bonds is 1. The van der Waals surface area contributed by atoms with Crippen LogP contribution in [0.2, 0.25) is 0 Å². The second-order valence-electron chi connectivity index (χ2n) is 3.28. The number of benzene rings is 1. The Morgan fingerprint density at radius 1 is 1.29 bits per heavy atom. The summed E-state index contributed by atoms with van der Waals surface area (Å²) in [7, 11) is 0. The summed E-state index contributed by atoms with van der Waals surface area (Å²) in [5.41, 5.74) is 2.95. The number of fused-ring (bicyclic) bond motifs is 1. The van der Waals surface area contributed by atoms with Gasteiger partial charge in [0.2, 0.25) is 0 Å². The Kier molecular flexibility index (Phi) is 2.38. The lowest BCUT2D eigenvalue weighted by atomic mass is 10.1. The van der Waals surface area contributed by atoms with Gasteiger partial charge in [0.25, 0.3) is 0 Å². The highest BCUT2D eigenvalue weighted by Crippen LogP contribution is 2.23. The molecule has 0 spiro atoms. The fraction of sp³-hybridized carbons (Fsp3) is 0.0833. The van der Waals surface area contributed by atoms with Crippen LogP contribution in [0, 0.1) is 0 Å². The van der Waals surface area contributed by atoms with E-state index in [0.717, 1.165) is 26.6 Å². The molecule has 1 nitrogen and oxygen atoms in total. The largest absolute Gasteiger partial charge is 0.248 e. The van der Waals surface area contributed by atoms with Crippen LogP contribution < -0.4 is 0 Å². The summed E-state index contributed by atoms with van der Waals surface area (Å²) in [6.45, 7) is 5.84. The Bertz CT molecular complexity index is 503. The topological polar surface area (TPSA) is 12.9 Å². The average molecular weight is 248 g/mol. The molecule has 1 aromatic heterocycles. The molecule has 0 unspecified atom stereocenters. The van der Waals surface area contributed by atoms with Gasteiger partial charge in [0.15, 0.2) is 0 Å². The number of hydrogen-bond acceptors (Lipinski definition) is 1. The minimum atomic E-state index is 0.954. The molecule has 0 saturated carbocycles. The van der Waals surface area contributed by atoms with Crippen molar-refractivity contribution in [3.05, 3.63) is 47.1 Å². The summed E-state index contributed by atoms with van der Waals surface area (Å²) in [6.07, 6.45) is 0. The van der Waals surface area contributed by atoms with Crippen molar-refractivity contribution in [3.63, 3.8) is 0 Å². The monoisotopic (exact) mass is 247 g/mol. The molecule has 0 amide bonds. The van der Waals surface area contributed by atoms with E-state index < -0.39 is 0 Å². The molecule has 14 heavy (non-hydrogen) atoms. The van der Waals surface area contributed by atoms with E-state index in [4.69, 9.17) is 0 Å². The van der Waals surface area contributed by atoms with Crippen molar-refractivity contribution in [1.82, 2.24) is 4.98 Å². The van der Waals surface area contributed by atoms with E-state index in [2.05, 4.69) is 33.6 Å². The van der Waals surface area contributed by atoms with Gasteiger partial charge >= 0.3 is 0 Å². The number of hydrogen-bond donors (Lipinski definition) is 0. The van der Waals surface area contributed by atoms with Crippen molar-refractivity contribution in [2.75, 3.05) is 0 Å². The second kappa shape index (κ2) is 3.54. The van der Waals surface area contributed by atoms with E-state index in [0.29, 0.717) is 0 Å². The molecule has 1 heterocycles. The van der Waals surface area contributed by atoms with Gasteiger partial charge in [-0.15, -0.1) is 0 Å². The molecule has 0 radical (unpaired) electrons. The lowest BCUT2D eigenvalue weighted by molar-refractivity contribution is 1.33. The molecule has 0 aliphatic carbocycles. The number of aromatic nitrogens is 1. The molecular formula is C12H10BrN. The molecule has 70 valence electrons. The third kappa shape index (κ3) is 1.58. The van der Waals surface area contributed by atoms with Crippen molar-refractivity contribution in [1.29, 1.82) is 0 Å². The zero-order valence-corrected chi connectivity index (χ0v) is 9.51. The SMILES string of the molecule is C=C(C)c1ccc2c(Br)cccc2n1. The Hall–Kier alpha value is -1.15. The van der Waals surface area contributed by atoms with Gasteiger partial charge in [-0.2, -0.15) is 0 Å². The Labute approximate surface area is 91.6 Å². The standard InChI is InChI=1S/C12H10BrN/c1-8(2)11-7-6-9-10(13)4-3-5-12(9)14-11/h3-7H,1H2,2H3. The minimum Gasteiger partial charge on any atom is -0.248 e. The van der Waals surface area contributed by atoms with Gasteiger partial charge in [-0.05, 0) is 36.8 Å². The average Bonchev–Trinajstić information content (AvgIpc) is 2.17. The first-order valence-corrected chi connectivity index (χ1v) is 5.19. The number of nitrogens with zero attached hydrogens (tertiary/aromatic N) is 1. The highest BCUT2D eigenvalue weighted by Gasteiger charge is 2.00. The molecule has 0 aliphatic rings. The van der Waals surface area contributed by atoms with Crippen molar-refractivity contribution in [3.8, 4) is 0 Å². The van der Waals surface area contributed by atoms with E-state index in [1.807, 2.05) is 31.2 Å². The fourth-order valence-electron chi connectivity index (χ4n) is 1.36. The first-order chi connectivity index (χ1) is 6.68. The van der Waals surface area contributed by atoms with E-state index in [9.17, 15) is 0 Å². The van der Waals surface area contributed by atoms with E-state index in [1.165, 1.54) is 0 Å². The molecule has 1 aromatic carbocycles. The quantitative estimate of drug-likeness (QED) is 0.742. The molecule has 2 aromatic rings. The molecule has 0 bridgehead atoms. The van der Waals surface area contributed by atoms with Crippen LogP contribution in [-0.4, -0.2) is 4.98 Å². The van der Waals surface area contributed by atoms with Crippen molar-refractivity contribution in [2.24, 2.45) is 0 Å². The van der Waals surface area contributed by atoms with Gasteiger partial charge in [-0.3, -0.25) is 0 Å². The van der Waals surface area contributed by atoms with Crippen molar-refractivity contribution >= 4 is 32.4 Å². The van der Waals surface area contributed by atoms with E-state index >= 15 is 0 Å². The minimum absolute atomic E-state index is 0.954. The molecule has 0 aliphatic heterocycles.